The molecule has 0 aliphatic carbocycles. The smallest absolute Gasteiger partial charge is 0.253 e. The number of ether oxygens (including phenoxy) is 1. The van der Waals surface area contributed by atoms with Gasteiger partial charge in [-0.3, -0.25) is 14.4 Å². The summed E-state index contributed by atoms with van der Waals surface area (Å²) in [5, 5.41) is 2.46. The van der Waals surface area contributed by atoms with Gasteiger partial charge in [0, 0.05) is 25.7 Å². The van der Waals surface area contributed by atoms with Crippen molar-refractivity contribution in [2.24, 2.45) is 5.73 Å². The topological polar surface area (TPSA) is 105 Å². The standard InChI is InChI=1S/C18H24N4O4/c1-21-11-13(9-17(24)20-10-16(19)23)26-15-5-4-12(8-14(15)21)18(25)22-6-2-3-7-22/h4-5,8,13H,2-3,6-7,9-11H2,1H3,(H2,19,23)(H,20,24). The molecule has 1 aromatic rings. The molecule has 3 rings (SSSR count). The molecule has 2 heterocycles. The lowest BCUT2D eigenvalue weighted by Gasteiger charge is -2.34. The van der Waals surface area contributed by atoms with Crippen LogP contribution < -0.4 is 20.7 Å². The first-order valence-electron chi connectivity index (χ1n) is 8.80. The van der Waals surface area contributed by atoms with Gasteiger partial charge in [-0.2, -0.15) is 0 Å². The number of amides is 3. The summed E-state index contributed by atoms with van der Waals surface area (Å²) in [6, 6.07) is 5.39. The van der Waals surface area contributed by atoms with Gasteiger partial charge in [0.25, 0.3) is 5.91 Å². The number of hydrogen-bond acceptors (Lipinski definition) is 5. The van der Waals surface area contributed by atoms with Crippen LogP contribution in [0.25, 0.3) is 0 Å². The molecule has 0 aromatic heterocycles. The van der Waals surface area contributed by atoms with Gasteiger partial charge in [-0.15, -0.1) is 0 Å². The molecule has 1 saturated heterocycles. The van der Waals surface area contributed by atoms with E-state index in [1.165, 1.54) is 0 Å². The van der Waals surface area contributed by atoms with Crippen LogP contribution >= 0.6 is 0 Å². The predicted octanol–water partition coefficient (Wildman–Crippen LogP) is 0.111. The van der Waals surface area contributed by atoms with Crippen molar-refractivity contribution < 1.29 is 19.1 Å². The van der Waals surface area contributed by atoms with E-state index in [2.05, 4.69) is 5.32 Å². The van der Waals surface area contributed by atoms with E-state index in [1.54, 1.807) is 12.1 Å². The maximum Gasteiger partial charge on any atom is 0.253 e. The van der Waals surface area contributed by atoms with E-state index in [1.807, 2.05) is 22.9 Å². The van der Waals surface area contributed by atoms with E-state index in [0.717, 1.165) is 31.6 Å². The number of carbonyl (C=O) groups excluding carboxylic acids is 3. The minimum Gasteiger partial charge on any atom is -0.486 e. The number of hydrogen-bond donors (Lipinski definition) is 2. The minimum atomic E-state index is -0.583. The Labute approximate surface area is 152 Å². The predicted molar refractivity (Wildman–Crippen MR) is 96.1 cm³/mol. The zero-order valence-electron chi connectivity index (χ0n) is 14.9. The van der Waals surface area contributed by atoms with Crippen LogP contribution in [-0.4, -0.2) is 62.0 Å². The van der Waals surface area contributed by atoms with Gasteiger partial charge in [-0.1, -0.05) is 0 Å². The van der Waals surface area contributed by atoms with Crippen molar-refractivity contribution in [2.45, 2.75) is 25.4 Å². The van der Waals surface area contributed by atoms with Crippen LogP contribution in [0.2, 0.25) is 0 Å². The number of likely N-dealkylation sites (N-methyl/N-ethyl adjacent to an activating group) is 1. The van der Waals surface area contributed by atoms with E-state index >= 15 is 0 Å². The second-order valence-electron chi connectivity index (χ2n) is 6.75. The van der Waals surface area contributed by atoms with Crippen molar-refractivity contribution in [2.75, 3.05) is 38.1 Å². The van der Waals surface area contributed by atoms with Crippen LogP contribution in [0, 0.1) is 0 Å². The van der Waals surface area contributed by atoms with Crippen molar-refractivity contribution >= 4 is 23.4 Å². The van der Waals surface area contributed by atoms with Crippen molar-refractivity contribution in [3.63, 3.8) is 0 Å². The lowest BCUT2D eigenvalue weighted by molar-refractivity contribution is -0.125. The molecular weight excluding hydrogens is 336 g/mol. The summed E-state index contributed by atoms with van der Waals surface area (Å²) in [4.78, 5) is 39.0. The van der Waals surface area contributed by atoms with Gasteiger partial charge in [0.2, 0.25) is 11.8 Å². The summed E-state index contributed by atoms with van der Waals surface area (Å²) in [5.41, 5.74) is 6.51. The largest absolute Gasteiger partial charge is 0.486 e. The number of benzene rings is 1. The Morgan fingerprint density at radius 3 is 2.69 bits per heavy atom. The number of fused-ring (bicyclic) bond motifs is 1. The van der Waals surface area contributed by atoms with E-state index in [4.69, 9.17) is 10.5 Å². The molecule has 0 spiro atoms. The van der Waals surface area contributed by atoms with Crippen LogP contribution in [0.1, 0.15) is 29.6 Å². The zero-order chi connectivity index (χ0) is 18.7. The van der Waals surface area contributed by atoms with E-state index in [0.29, 0.717) is 17.9 Å². The van der Waals surface area contributed by atoms with E-state index < -0.39 is 5.91 Å². The molecule has 1 fully saturated rings. The molecule has 0 radical (unpaired) electrons. The molecule has 0 saturated carbocycles. The Morgan fingerprint density at radius 1 is 1.27 bits per heavy atom. The maximum absolute atomic E-state index is 12.6. The second kappa shape index (κ2) is 7.63. The SMILES string of the molecule is CN1CC(CC(=O)NCC(N)=O)Oc2ccc(C(=O)N3CCCC3)cc21. The highest BCUT2D eigenvalue weighted by molar-refractivity contribution is 5.96. The van der Waals surface area contributed by atoms with Gasteiger partial charge in [-0.05, 0) is 31.0 Å². The lowest BCUT2D eigenvalue weighted by Crippen LogP contribution is -2.42. The monoisotopic (exact) mass is 360 g/mol. The third-order valence-corrected chi connectivity index (χ3v) is 4.65. The van der Waals surface area contributed by atoms with Crippen molar-refractivity contribution in [3.8, 4) is 5.75 Å². The summed E-state index contributed by atoms with van der Waals surface area (Å²) in [6.07, 6.45) is 1.91. The van der Waals surface area contributed by atoms with E-state index in [9.17, 15) is 14.4 Å². The molecule has 26 heavy (non-hydrogen) atoms. The summed E-state index contributed by atoms with van der Waals surface area (Å²) in [5.74, 6) is -0.178. The molecule has 3 amide bonds. The Morgan fingerprint density at radius 2 is 2.00 bits per heavy atom. The Balaban J connectivity index is 1.66. The summed E-state index contributed by atoms with van der Waals surface area (Å²) < 4.78 is 5.90. The Hall–Kier alpha value is -2.77. The fraction of sp³-hybridized carbons (Fsp3) is 0.500. The minimum absolute atomic E-state index is 0.0478. The molecule has 0 bridgehead atoms. The molecule has 8 nitrogen and oxygen atoms in total. The van der Waals surface area contributed by atoms with Gasteiger partial charge >= 0.3 is 0 Å². The number of likely N-dealkylation sites (tertiary alicyclic amines) is 1. The first-order valence-corrected chi connectivity index (χ1v) is 8.80. The number of primary amides is 1. The number of nitrogens with two attached hydrogens (primary N) is 1. The van der Waals surface area contributed by atoms with E-state index in [-0.39, 0.29) is 30.9 Å². The number of nitrogens with zero attached hydrogens (tertiary/aromatic N) is 2. The van der Waals surface area contributed by atoms with Gasteiger partial charge in [0.1, 0.15) is 11.9 Å². The zero-order valence-corrected chi connectivity index (χ0v) is 14.9. The van der Waals surface area contributed by atoms with Gasteiger partial charge < -0.3 is 25.6 Å². The maximum atomic E-state index is 12.6. The van der Waals surface area contributed by atoms with Crippen molar-refractivity contribution in [1.29, 1.82) is 0 Å². The second-order valence-corrected chi connectivity index (χ2v) is 6.75. The molecule has 8 heteroatoms. The molecule has 2 aliphatic heterocycles. The number of anilines is 1. The van der Waals surface area contributed by atoms with Crippen molar-refractivity contribution in [3.05, 3.63) is 23.8 Å². The van der Waals surface area contributed by atoms with Gasteiger partial charge in [0.05, 0.1) is 25.2 Å². The number of rotatable bonds is 5. The van der Waals surface area contributed by atoms with Gasteiger partial charge in [-0.25, -0.2) is 0 Å². The van der Waals surface area contributed by atoms with Gasteiger partial charge in [0.15, 0.2) is 0 Å². The molecule has 3 N–H and O–H groups in total. The average molecular weight is 360 g/mol. The molecular formula is C18H24N4O4. The summed E-state index contributed by atoms with van der Waals surface area (Å²) >= 11 is 0. The van der Waals surface area contributed by atoms with Crippen LogP contribution in [0.3, 0.4) is 0 Å². The molecule has 140 valence electrons. The molecule has 1 atom stereocenters. The first-order chi connectivity index (χ1) is 12.4. The normalized spacial score (nSPS) is 18.9. The fourth-order valence-electron chi connectivity index (χ4n) is 3.34. The Kier molecular flexibility index (Phi) is 5.29. The highest BCUT2D eigenvalue weighted by Gasteiger charge is 2.27. The number of nitrogens with one attached hydrogen (secondary N) is 1. The molecule has 1 aromatic carbocycles. The molecule has 1 unspecified atom stereocenters. The van der Waals surface area contributed by atoms with Crippen molar-refractivity contribution in [1.82, 2.24) is 10.2 Å². The quantitative estimate of drug-likeness (QED) is 0.775. The highest BCUT2D eigenvalue weighted by Crippen LogP contribution is 2.34. The van der Waals surface area contributed by atoms with Crippen LogP contribution in [0.4, 0.5) is 5.69 Å². The van der Waals surface area contributed by atoms with Crippen LogP contribution in [0.15, 0.2) is 18.2 Å². The van der Waals surface area contributed by atoms with Crippen LogP contribution in [0.5, 0.6) is 5.75 Å². The summed E-state index contributed by atoms with van der Waals surface area (Å²) in [6.45, 7) is 1.95. The molecule has 2 aliphatic rings. The average Bonchev–Trinajstić information content (AvgIpc) is 3.14. The third kappa shape index (κ3) is 4.07. The highest BCUT2D eigenvalue weighted by atomic mass is 16.5. The summed E-state index contributed by atoms with van der Waals surface area (Å²) in [7, 11) is 1.90. The first kappa shape index (κ1) is 18.0. The third-order valence-electron chi connectivity index (χ3n) is 4.65. The number of carbonyl (C=O) groups is 3. The fourth-order valence-corrected chi connectivity index (χ4v) is 3.34. The van der Waals surface area contributed by atoms with Crippen LogP contribution in [-0.2, 0) is 9.59 Å². The Bertz CT molecular complexity index is 715. The lowest BCUT2D eigenvalue weighted by atomic mass is 10.1.